The Hall–Kier alpha value is -4.38. The molecule has 0 atom stereocenters. The van der Waals surface area contributed by atoms with Gasteiger partial charge in [0.15, 0.2) is 11.6 Å². The number of unbranched alkanes of at least 4 members (excludes halogenated alkanes) is 1. The van der Waals surface area contributed by atoms with Crippen LogP contribution in [0.25, 0.3) is 44.6 Å². The molecule has 0 aliphatic carbocycles. The van der Waals surface area contributed by atoms with Crippen molar-refractivity contribution in [2.45, 2.75) is 26.2 Å². The molecule has 1 aliphatic heterocycles. The van der Waals surface area contributed by atoms with Gasteiger partial charge < -0.3 is 20.1 Å². The summed E-state index contributed by atoms with van der Waals surface area (Å²) in [5.74, 6) is 0.921. The number of carbonyl (C=O) groups is 1. The Bertz CT molecular complexity index is 1650. The van der Waals surface area contributed by atoms with Crippen LogP contribution in [0.5, 0.6) is 0 Å². The number of aromatic nitrogens is 6. The quantitative estimate of drug-likeness (QED) is 0.283. The fourth-order valence-electron chi connectivity index (χ4n) is 4.94. The summed E-state index contributed by atoms with van der Waals surface area (Å²) in [6, 6.07) is 6.80. The average Bonchev–Trinajstić information content (AvgIpc) is 3.55. The Morgan fingerprint density at radius 3 is 2.79 bits per heavy atom. The van der Waals surface area contributed by atoms with Crippen molar-refractivity contribution in [3.63, 3.8) is 0 Å². The number of hydrogen-bond acceptors (Lipinski definition) is 7. The third kappa shape index (κ3) is 4.92. The molecule has 0 spiro atoms. The molecule has 0 radical (unpaired) electrons. The van der Waals surface area contributed by atoms with Crippen molar-refractivity contribution in [1.82, 2.24) is 35.0 Å². The highest BCUT2D eigenvalue weighted by Crippen LogP contribution is 2.34. The van der Waals surface area contributed by atoms with Crippen LogP contribution in [0.15, 0.2) is 42.9 Å². The lowest BCUT2D eigenvalue weighted by atomic mass is 10.0. The molecule has 6 rings (SSSR count). The number of rotatable bonds is 7. The van der Waals surface area contributed by atoms with Crippen LogP contribution < -0.4 is 10.2 Å². The predicted octanol–water partition coefficient (Wildman–Crippen LogP) is 4.58. The Morgan fingerprint density at radius 1 is 1.13 bits per heavy atom. The molecule has 200 valence electrons. The number of benzene rings is 1. The van der Waals surface area contributed by atoms with Gasteiger partial charge in [-0.25, -0.2) is 14.4 Å². The van der Waals surface area contributed by atoms with Crippen molar-refractivity contribution < 1.29 is 9.18 Å². The molecule has 5 heterocycles. The maximum Gasteiger partial charge on any atom is 0.224 e. The van der Waals surface area contributed by atoms with Gasteiger partial charge in [0.1, 0.15) is 17.0 Å². The van der Waals surface area contributed by atoms with E-state index in [0.717, 1.165) is 61.3 Å². The summed E-state index contributed by atoms with van der Waals surface area (Å²) < 4.78 is 15.2. The number of halogens is 1. The molecule has 1 aromatic carbocycles. The molecule has 1 saturated heterocycles. The molecule has 5 aromatic rings. The highest BCUT2D eigenvalue weighted by Gasteiger charge is 2.22. The van der Waals surface area contributed by atoms with Gasteiger partial charge in [-0.15, -0.1) is 0 Å². The second kappa shape index (κ2) is 10.4. The monoisotopic (exact) mass is 527 g/mol. The first-order valence-electron chi connectivity index (χ1n) is 13.2. The number of aromatic amines is 2. The zero-order chi connectivity index (χ0) is 26.9. The van der Waals surface area contributed by atoms with Gasteiger partial charge in [0.05, 0.1) is 22.9 Å². The SMILES string of the molecule is CCCCC(=O)Nc1cncc(-c2cc3c(-c4nc5c(N6CCN(C)CC6)nccc5[nH]4)n[nH]c3cc2F)c1. The van der Waals surface area contributed by atoms with Crippen LogP contribution in [-0.2, 0) is 4.79 Å². The van der Waals surface area contributed by atoms with Gasteiger partial charge in [-0.1, -0.05) is 13.3 Å². The van der Waals surface area contributed by atoms with E-state index in [1.54, 1.807) is 30.7 Å². The lowest BCUT2D eigenvalue weighted by Crippen LogP contribution is -2.44. The van der Waals surface area contributed by atoms with E-state index in [9.17, 15) is 4.79 Å². The summed E-state index contributed by atoms with van der Waals surface area (Å²) in [4.78, 5) is 33.9. The molecule has 0 unspecified atom stereocenters. The second-order valence-corrected chi connectivity index (χ2v) is 9.97. The molecule has 3 N–H and O–H groups in total. The number of piperazine rings is 1. The number of anilines is 2. The number of pyridine rings is 2. The van der Waals surface area contributed by atoms with E-state index in [-0.39, 0.29) is 5.91 Å². The maximum atomic E-state index is 15.2. The number of imidazole rings is 1. The summed E-state index contributed by atoms with van der Waals surface area (Å²) in [6.07, 6.45) is 7.11. The van der Waals surface area contributed by atoms with E-state index in [4.69, 9.17) is 4.98 Å². The van der Waals surface area contributed by atoms with Crippen LogP contribution in [0.4, 0.5) is 15.9 Å². The molecule has 4 aromatic heterocycles. The van der Waals surface area contributed by atoms with Gasteiger partial charge in [0, 0.05) is 67.6 Å². The van der Waals surface area contributed by atoms with Gasteiger partial charge in [-0.05, 0) is 31.7 Å². The van der Waals surface area contributed by atoms with Crippen LogP contribution in [-0.4, -0.2) is 74.2 Å². The van der Waals surface area contributed by atoms with Crippen molar-refractivity contribution in [2.24, 2.45) is 0 Å². The van der Waals surface area contributed by atoms with Crippen molar-refractivity contribution in [1.29, 1.82) is 0 Å². The molecule has 1 amide bonds. The largest absolute Gasteiger partial charge is 0.352 e. The van der Waals surface area contributed by atoms with E-state index in [1.165, 1.54) is 6.07 Å². The van der Waals surface area contributed by atoms with E-state index in [0.29, 0.717) is 40.3 Å². The number of carbonyl (C=O) groups excluding carboxylic acids is 1. The lowest BCUT2D eigenvalue weighted by molar-refractivity contribution is -0.116. The van der Waals surface area contributed by atoms with Crippen LogP contribution in [0.2, 0.25) is 0 Å². The van der Waals surface area contributed by atoms with Crippen LogP contribution in [0.1, 0.15) is 26.2 Å². The summed E-state index contributed by atoms with van der Waals surface area (Å²) >= 11 is 0. The molecule has 0 bridgehead atoms. The first kappa shape index (κ1) is 24.9. The fourth-order valence-corrected chi connectivity index (χ4v) is 4.94. The Labute approximate surface area is 224 Å². The smallest absolute Gasteiger partial charge is 0.224 e. The second-order valence-electron chi connectivity index (χ2n) is 9.97. The van der Waals surface area contributed by atoms with Gasteiger partial charge in [0.2, 0.25) is 5.91 Å². The minimum Gasteiger partial charge on any atom is -0.352 e. The third-order valence-electron chi connectivity index (χ3n) is 7.15. The molecular weight excluding hydrogens is 497 g/mol. The van der Waals surface area contributed by atoms with Crippen molar-refractivity contribution >= 4 is 39.3 Å². The predicted molar refractivity (Wildman–Crippen MR) is 150 cm³/mol. The summed E-state index contributed by atoms with van der Waals surface area (Å²) in [7, 11) is 2.12. The lowest BCUT2D eigenvalue weighted by Gasteiger charge is -2.33. The molecular formula is C28H30FN9O. The normalized spacial score (nSPS) is 14.4. The Kier molecular flexibility index (Phi) is 6.65. The van der Waals surface area contributed by atoms with Crippen LogP contribution in [0, 0.1) is 5.82 Å². The summed E-state index contributed by atoms with van der Waals surface area (Å²) in [6.45, 7) is 5.72. The van der Waals surface area contributed by atoms with Gasteiger partial charge in [-0.2, -0.15) is 5.10 Å². The standard InChI is InChI=1S/C28H30FN9O/c1-3-4-5-24(39)32-18-12-17(15-30-16-18)19-13-20-23(14-21(19)29)35-36-25(20)27-33-22-6-7-31-28(26(22)34-27)38-10-8-37(2)9-11-38/h6-7,12-16H,3-5,8-11H2,1-2H3,(H,32,39)(H,33,34)(H,35,36). The van der Waals surface area contributed by atoms with Gasteiger partial charge >= 0.3 is 0 Å². The van der Waals surface area contributed by atoms with Crippen molar-refractivity contribution in [2.75, 3.05) is 43.4 Å². The zero-order valence-electron chi connectivity index (χ0n) is 22.0. The zero-order valence-corrected chi connectivity index (χ0v) is 22.0. The molecule has 10 nitrogen and oxygen atoms in total. The number of nitrogens with zero attached hydrogens (tertiary/aromatic N) is 6. The first-order chi connectivity index (χ1) is 19.0. The van der Waals surface area contributed by atoms with E-state index < -0.39 is 5.82 Å². The number of likely N-dealkylation sites (N-methyl/N-ethyl adjacent to an activating group) is 1. The number of H-pyrrole nitrogens is 2. The molecule has 1 fully saturated rings. The minimum atomic E-state index is -0.417. The van der Waals surface area contributed by atoms with E-state index in [1.807, 2.05) is 13.0 Å². The minimum absolute atomic E-state index is 0.0841. The maximum absolute atomic E-state index is 15.2. The number of nitrogens with one attached hydrogen (secondary N) is 3. The Morgan fingerprint density at radius 2 is 1.97 bits per heavy atom. The number of amides is 1. The van der Waals surface area contributed by atoms with E-state index in [2.05, 4.69) is 47.3 Å². The number of fused-ring (bicyclic) bond motifs is 2. The van der Waals surface area contributed by atoms with Gasteiger partial charge in [0.25, 0.3) is 0 Å². The van der Waals surface area contributed by atoms with Crippen molar-refractivity contribution in [3.05, 3.63) is 48.7 Å². The number of hydrogen-bond donors (Lipinski definition) is 3. The first-order valence-corrected chi connectivity index (χ1v) is 13.2. The molecule has 0 saturated carbocycles. The molecule has 39 heavy (non-hydrogen) atoms. The highest BCUT2D eigenvalue weighted by atomic mass is 19.1. The molecule has 11 heteroatoms. The van der Waals surface area contributed by atoms with E-state index >= 15 is 4.39 Å². The Balaban J connectivity index is 1.36. The van der Waals surface area contributed by atoms with Crippen molar-refractivity contribution in [3.8, 4) is 22.6 Å². The fraction of sp³-hybridized carbons (Fsp3) is 0.321. The summed E-state index contributed by atoms with van der Waals surface area (Å²) in [5.41, 5.74) is 4.24. The average molecular weight is 528 g/mol. The highest BCUT2D eigenvalue weighted by molar-refractivity contribution is 5.97. The third-order valence-corrected chi connectivity index (χ3v) is 7.15. The van der Waals surface area contributed by atoms with Crippen LogP contribution in [0.3, 0.4) is 0 Å². The molecule has 1 aliphatic rings. The summed E-state index contributed by atoms with van der Waals surface area (Å²) in [5, 5.41) is 11.0. The topological polar surface area (TPSA) is 119 Å². The van der Waals surface area contributed by atoms with Gasteiger partial charge in [-0.3, -0.25) is 14.9 Å². The van der Waals surface area contributed by atoms with Crippen LogP contribution >= 0.6 is 0 Å².